The molecule has 0 saturated carbocycles. The summed E-state index contributed by atoms with van der Waals surface area (Å²) < 4.78 is 6.04. The van der Waals surface area contributed by atoms with E-state index >= 15 is 0 Å². The first-order chi connectivity index (χ1) is 6.06. The molecule has 1 aromatic carbocycles. The summed E-state index contributed by atoms with van der Waals surface area (Å²) >= 11 is 0. The number of hydrogen-bond donors (Lipinski definition) is 0. The van der Waals surface area contributed by atoms with Crippen LogP contribution in [0.2, 0.25) is 19.6 Å². The van der Waals surface area contributed by atoms with Crippen molar-refractivity contribution in [3.8, 4) is 0 Å². The maximum Gasteiger partial charge on any atom is 0.184 e. The molecule has 0 bridgehead atoms. The molecule has 2 rings (SSSR count). The molecule has 0 saturated heterocycles. The van der Waals surface area contributed by atoms with E-state index in [1.807, 2.05) is 0 Å². The van der Waals surface area contributed by atoms with Gasteiger partial charge >= 0.3 is 0 Å². The van der Waals surface area contributed by atoms with Gasteiger partial charge in [-0.2, -0.15) is 0 Å². The summed E-state index contributed by atoms with van der Waals surface area (Å²) in [6.07, 6.45) is 1.50. The summed E-state index contributed by atoms with van der Waals surface area (Å²) in [6.45, 7) is 6.73. The van der Waals surface area contributed by atoms with E-state index in [4.69, 9.17) is 4.43 Å². The van der Waals surface area contributed by atoms with Crippen molar-refractivity contribution in [1.29, 1.82) is 0 Å². The van der Waals surface area contributed by atoms with Crippen LogP contribution in [0.25, 0.3) is 0 Å². The predicted molar refractivity (Wildman–Crippen MR) is 57.3 cm³/mol. The molecule has 1 atom stereocenters. The second kappa shape index (κ2) is 2.96. The summed E-state index contributed by atoms with van der Waals surface area (Å²) in [6, 6.07) is 8.57. The van der Waals surface area contributed by atoms with E-state index in [-0.39, 0.29) is 0 Å². The van der Waals surface area contributed by atoms with Gasteiger partial charge in [0.2, 0.25) is 0 Å². The number of fused-ring (bicyclic) bond motifs is 1. The van der Waals surface area contributed by atoms with Gasteiger partial charge in [0.15, 0.2) is 8.32 Å². The second-order valence-electron chi connectivity index (χ2n) is 4.62. The summed E-state index contributed by atoms with van der Waals surface area (Å²) in [7, 11) is -1.36. The molecular weight excluding hydrogens is 176 g/mol. The van der Waals surface area contributed by atoms with E-state index in [2.05, 4.69) is 43.9 Å². The van der Waals surface area contributed by atoms with Crippen LogP contribution in [0, 0.1) is 0 Å². The van der Waals surface area contributed by atoms with Crippen LogP contribution in [0.3, 0.4) is 0 Å². The molecular formula is C11H16OSi. The SMILES string of the molecule is C[Si](C)(C)OC1Cc2ccccc21. The van der Waals surface area contributed by atoms with E-state index in [1.165, 1.54) is 11.1 Å². The lowest BCUT2D eigenvalue weighted by Gasteiger charge is -2.35. The van der Waals surface area contributed by atoms with Gasteiger partial charge in [0.05, 0.1) is 6.10 Å². The van der Waals surface area contributed by atoms with Gasteiger partial charge in [-0.05, 0) is 30.8 Å². The monoisotopic (exact) mass is 192 g/mol. The van der Waals surface area contributed by atoms with Crippen molar-refractivity contribution in [1.82, 2.24) is 0 Å². The maximum absolute atomic E-state index is 6.04. The van der Waals surface area contributed by atoms with Crippen molar-refractivity contribution >= 4 is 8.32 Å². The van der Waals surface area contributed by atoms with Gasteiger partial charge in [-0.25, -0.2) is 0 Å². The third kappa shape index (κ3) is 1.84. The van der Waals surface area contributed by atoms with Gasteiger partial charge in [-0.1, -0.05) is 24.3 Å². The molecule has 0 spiro atoms. The van der Waals surface area contributed by atoms with Gasteiger partial charge in [0, 0.05) is 6.42 Å². The zero-order chi connectivity index (χ0) is 9.47. The minimum Gasteiger partial charge on any atom is -0.410 e. The summed E-state index contributed by atoms with van der Waals surface area (Å²) in [5, 5.41) is 0. The third-order valence-corrected chi connectivity index (χ3v) is 3.29. The van der Waals surface area contributed by atoms with Gasteiger partial charge in [-0.3, -0.25) is 0 Å². The number of benzene rings is 1. The second-order valence-corrected chi connectivity index (χ2v) is 9.08. The van der Waals surface area contributed by atoms with E-state index in [1.54, 1.807) is 0 Å². The molecule has 0 fully saturated rings. The molecule has 13 heavy (non-hydrogen) atoms. The first-order valence-electron chi connectivity index (χ1n) is 4.82. The molecule has 0 aromatic heterocycles. The lowest BCUT2D eigenvalue weighted by Crippen LogP contribution is -2.32. The summed E-state index contributed by atoms with van der Waals surface area (Å²) in [5.74, 6) is 0. The highest BCUT2D eigenvalue weighted by Crippen LogP contribution is 2.37. The maximum atomic E-state index is 6.04. The Morgan fingerprint density at radius 3 is 2.54 bits per heavy atom. The van der Waals surface area contributed by atoms with Gasteiger partial charge in [-0.15, -0.1) is 0 Å². The zero-order valence-electron chi connectivity index (χ0n) is 8.50. The van der Waals surface area contributed by atoms with Crippen LogP contribution >= 0.6 is 0 Å². The average Bonchev–Trinajstić information content (AvgIpc) is 1.99. The summed E-state index contributed by atoms with van der Waals surface area (Å²) in [5.41, 5.74) is 2.87. The first-order valence-corrected chi connectivity index (χ1v) is 8.23. The van der Waals surface area contributed by atoms with Crippen LogP contribution < -0.4 is 0 Å². The standard InChI is InChI=1S/C11H16OSi/c1-13(2,3)12-11-8-9-6-4-5-7-10(9)11/h4-7,11H,8H2,1-3H3. The number of rotatable bonds is 2. The highest BCUT2D eigenvalue weighted by molar-refractivity contribution is 6.69. The summed E-state index contributed by atoms with van der Waals surface area (Å²) in [4.78, 5) is 0. The Kier molecular flexibility index (Phi) is 2.04. The molecule has 1 aliphatic carbocycles. The molecule has 1 unspecified atom stereocenters. The molecule has 70 valence electrons. The third-order valence-electron chi connectivity index (χ3n) is 2.30. The van der Waals surface area contributed by atoms with Crippen LogP contribution in [-0.2, 0) is 10.8 Å². The topological polar surface area (TPSA) is 9.23 Å². The average molecular weight is 192 g/mol. The Morgan fingerprint density at radius 1 is 1.23 bits per heavy atom. The van der Waals surface area contributed by atoms with Crippen LogP contribution in [0.15, 0.2) is 24.3 Å². The molecule has 0 aliphatic heterocycles. The Hall–Kier alpha value is -0.603. The van der Waals surface area contributed by atoms with Gasteiger partial charge in [0.25, 0.3) is 0 Å². The van der Waals surface area contributed by atoms with Crippen molar-refractivity contribution in [3.05, 3.63) is 35.4 Å². The Bertz CT molecular complexity index is 314. The minimum absolute atomic E-state index is 0.392. The lowest BCUT2D eigenvalue weighted by atomic mass is 9.86. The van der Waals surface area contributed by atoms with E-state index in [0.717, 1.165) is 6.42 Å². The van der Waals surface area contributed by atoms with Crippen LogP contribution in [-0.4, -0.2) is 8.32 Å². The largest absolute Gasteiger partial charge is 0.410 e. The van der Waals surface area contributed by atoms with E-state index in [0.29, 0.717) is 6.10 Å². The fourth-order valence-corrected chi connectivity index (χ4v) is 2.81. The molecule has 2 heteroatoms. The van der Waals surface area contributed by atoms with Gasteiger partial charge in [0.1, 0.15) is 0 Å². The van der Waals surface area contributed by atoms with Crippen molar-refractivity contribution in [2.75, 3.05) is 0 Å². The van der Waals surface area contributed by atoms with Crippen molar-refractivity contribution in [2.45, 2.75) is 32.2 Å². The highest BCUT2D eigenvalue weighted by Gasteiger charge is 2.30. The zero-order valence-corrected chi connectivity index (χ0v) is 9.50. The Labute approximate surface area is 80.9 Å². The van der Waals surface area contributed by atoms with Crippen LogP contribution in [0.1, 0.15) is 17.2 Å². The molecule has 0 amide bonds. The molecule has 0 heterocycles. The highest BCUT2D eigenvalue weighted by atomic mass is 28.4. The molecule has 0 radical (unpaired) electrons. The smallest absolute Gasteiger partial charge is 0.184 e. The van der Waals surface area contributed by atoms with Crippen molar-refractivity contribution in [2.24, 2.45) is 0 Å². The van der Waals surface area contributed by atoms with Crippen LogP contribution in [0.4, 0.5) is 0 Å². The quantitative estimate of drug-likeness (QED) is 0.654. The first kappa shape index (κ1) is 8.97. The molecule has 0 N–H and O–H groups in total. The molecule has 1 aromatic rings. The minimum atomic E-state index is -1.36. The fraction of sp³-hybridized carbons (Fsp3) is 0.455. The normalized spacial score (nSPS) is 20.7. The fourth-order valence-electron chi connectivity index (χ4n) is 1.74. The molecule has 1 nitrogen and oxygen atoms in total. The van der Waals surface area contributed by atoms with Crippen molar-refractivity contribution < 1.29 is 4.43 Å². The number of hydrogen-bond acceptors (Lipinski definition) is 1. The van der Waals surface area contributed by atoms with Crippen molar-refractivity contribution in [3.63, 3.8) is 0 Å². The van der Waals surface area contributed by atoms with E-state index < -0.39 is 8.32 Å². The Balaban J connectivity index is 2.10. The molecule has 1 aliphatic rings. The van der Waals surface area contributed by atoms with E-state index in [9.17, 15) is 0 Å². The predicted octanol–water partition coefficient (Wildman–Crippen LogP) is 3.14. The lowest BCUT2D eigenvalue weighted by molar-refractivity contribution is 0.173. The Morgan fingerprint density at radius 2 is 1.92 bits per heavy atom. The van der Waals surface area contributed by atoms with Crippen LogP contribution in [0.5, 0.6) is 0 Å². The van der Waals surface area contributed by atoms with Gasteiger partial charge < -0.3 is 4.43 Å².